The molecule has 2 aromatic carbocycles. The number of aromatic amines is 1. The minimum atomic E-state index is -5.08. The van der Waals surface area contributed by atoms with E-state index in [4.69, 9.17) is 40.7 Å². The number of carboxylic acids is 1. The number of ether oxygens (including phenoxy) is 3. The topological polar surface area (TPSA) is 126 Å². The Morgan fingerprint density at radius 1 is 1.23 bits per heavy atom. The van der Waals surface area contributed by atoms with Gasteiger partial charge in [-0.25, -0.2) is 9.78 Å². The molecule has 1 fully saturated rings. The predicted octanol–water partition coefficient (Wildman–Crippen LogP) is 4.19. The summed E-state index contributed by atoms with van der Waals surface area (Å²) in [5, 5.41) is 10.6. The quantitative estimate of drug-likeness (QED) is 0.426. The van der Waals surface area contributed by atoms with E-state index in [2.05, 4.69) is 22.2 Å². The Labute approximate surface area is 226 Å². The van der Waals surface area contributed by atoms with Crippen molar-refractivity contribution >= 4 is 34.5 Å². The number of carboxylic acid groups (broad SMARTS) is 1. The number of alkyl halides is 3. The van der Waals surface area contributed by atoms with E-state index < -0.39 is 12.1 Å². The van der Waals surface area contributed by atoms with Crippen molar-refractivity contribution in [3.05, 3.63) is 46.7 Å². The van der Waals surface area contributed by atoms with Crippen molar-refractivity contribution in [2.75, 3.05) is 33.9 Å². The number of piperidine rings is 1. The number of likely N-dealkylation sites (tertiary alicyclic amines) is 1. The van der Waals surface area contributed by atoms with E-state index >= 15 is 0 Å². The zero-order valence-corrected chi connectivity index (χ0v) is 21.7. The van der Waals surface area contributed by atoms with Crippen LogP contribution >= 0.6 is 11.6 Å². The molecule has 2 aliphatic rings. The van der Waals surface area contributed by atoms with Crippen LogP contribution in [-0.2, 0) is 4.79 Å². The molecule has 14 heteroatoms. The van der Waals surface area contributed by atoms with Gasteiger partial charge in [0.15, 0.2) is 11.5 Å². The zero-order chi connectivity index (χ0) is 28.3. The summed E-state index contributed by atoms with van der Waals surface area (Å²) in [5.41, 5.74) is 2.22. The number of amides is 1. The highest BCUT2D eigenvalue weighted by Gasteiger charge is 2.38. The molecular weight excluding hydrogens is 545 g/mol. The van der Waals surface area contributed by atoms with Crippen LogP contribution in [0.4, 0.5) is 13.2 Å². The van der Waals surface area contributed by atoms with Crippen molar-refractivity contribution in [2.24, 2.45) is 0 Å². The molecule has 1 saturated heterocycles. The second-order valence-electron chi connectivity index (χ2n) is 8.95. The molecule has 3 heterocycles. The molecule has 1 aromatic heterocycles. The first-order chi connectivity index (χ1) is 18.5. The van der Waals surface area contributed by atoms with Crippen LogP contribution in [0.1, 0.15) is 35.1 Å². The van der Waals surface area contributed by atoms with Crippen LogP contribution in [0.15, 0.2) is 30.3 Å². The summed E-state index contributed by atoms with van der Waals surface area (Å²) in [6.45, 7) is 1.73. The molecule has 39 heavy (non-hydrogen) atoms. The molecule has 1 amide bonds. The number of imidazole rings is 1. The van der Waals surface area contributed by atoms with Gasteiger partial charge in [-0.15, -0.1) is 0 Å². The minimum Gasteiger partial charge on any atom is -0.497 e. The highest BCUT2D eigenvalue weighted by molar-refractivity contribution is 6.35. The van der Waals surface area contributed by atoms with Crippen molar-refractivity contribution in [3.8, 4) is 17.2 Å². The smallest absolute Gasteiger partial charge is 0.490 e. The number of nitrogens with one attached hydrogen (secondary N) is 2. The van der Waals surface area contributed by atoms with Crippen molar-refractivity contribution in [1.82, 2.24) is 20.2 Å². The van der Waals surface area contributed by atoms with Crippen LogP contribution in [0.2, 0.25) is 5.02 Å². The Balaban J connectivity index is 0.000000448. The molecule has 0 radical (unpaired) electrons. The standard InChI is InChI=1S/C23H25ClN4O4.C2HF3O2/c1-28-8-7-13(11-18(28)22-26-16-5-3-14(30-2)12-17(16)27-22)25-23(29)15-4-6-19-21(20(15)24)32-10-9-31-19;3-2(4,5)1(6)7/h3-6,12-13,18H,7-11H2,1-2H3,(H,25,29)(H,26,27);(H,6,7)/t13-,18-;/m1./s1. The summed E-state index contributed by atoms with van der Waals surface area (Å²) >= 11 is 6.46. The second kappa shape index (κ2) is 11.6. The molecule has 10 nitrogen and oxygen atoms in total. The Morgan fingerprint density at radius 2 is 1.95 bits per heavy atom. The second-order valence-corrected chi connectivity index (χ2v) is 9.33. The lowest BCUT2D eigenvalue weighted by Crippen LogP contribution is -2.45. The Hall–Kier alpha value is -3.71. The van der Waals surface area contributed by atoms with Crippen molar-refractivity contribution < 1.29 is 42.1 Å². The molecule has 0 spiro atoms. The van der Waals surface area contributed by atoms with Gasteiger partial charge in [0, 0.05) is 18.7 Å². The lowest BCUT2D eigenvalue weighted by molar-refractivity contribution is -0.192. The van der Waals surface area contributed by atoms with E-state index in [1.54, 1.807) is 19.2 Å². The highest BCUT2D eigenvalue weighted by atomic mass is 35.5. The molecule has 3 N–H and O–H groups in total. The van der Waals surface area contributed by atoms with Crippen LogP contribution < -0.4 is 19.5 Å². The van der Waals surface area contributed by atoms with Crippen LogP contribution in [-0.4, -0.2) is 78.0 Å². The third-order valence-electron chi connectivity index (χ3n) is 6.36. The summed E-state index contributed by atoms with van der Waals surface area (Å²) in [6, 6.07) is 9.26. The third-order valence-corrected chi connectivity index (χ3v) is 6.74. The third kappa shape index (κ3) is 6.48. The molecular formula is C25H26ClF3N4O6. The van der Waals surface area contributed by atoms with E-state index in [1.807, 2.05) is 18.2 Å². The monoisotopic (exact) mass is 570 g/mol. The minimum absolute atomic E-state index is 0.00397. The van der Waals surface area contributed by atoms with E-state index in [0.29, 0.717) is 30.3 Å². The number of rotatable bonds is 4. The van der Waals surface area contributed by atoms with E-state index in [9.17, 15) is 18.0 Å². The average Bonchev–Trinajstić information content (AvgIpc) is 3.33. The molecule has 2 aliphatic heterocycles. The van der Waals surface area contributed by atoms with Gasteiger partial charge in [-0.2, -0.15) is 13.2 Å². The fourth-order valence-electron chi connectivity index (χ4n) is 4.35. The normalized spacial score (nSPS) is 19.1. The van der Waals surface area contributed by atoms with Crippen LogP contribution in [0.3, 0.4) is 0 Å². The lowest BCUT2D eigenvalue weighted by atomic mass is 9.96. The van der Waals surface area contributed by atoms with E-state index in [-0.39, 0.29) is 23.0 Å². The molecule has 0 saturated carbocycles. The van der Waals surface area contributed by atoms with E-state index in [1.165, 1.54) is 0 Å². The van der Waals surface area contributed by atoms with Gasteiger partial charge in [-0.3, -0.25) is 9.69 Å². The number of benzene rings is 2. The number of aromatic nitrogens is 2. The van der Waals surface area contributed by atoms with Crippen molar-refractivity contribution in [1.29, 1.82) is 0 Å². The molecule has 210 valence electrons. The van der Waals surface area contributed by atoms with Crippen molar-refractivity contribution in [2.45, 2.75) is 31.1 Å². The number of H-pyrrole nitrogens is 1. The summed E-state index contributed by atoms with van der Waals surface area (Å²) in [5.74, 6) is -0.302. The Kier molecular flexibility index (Phi) is 8.40. The number of carbonyl (C=O) groups excluding carboxylic acids is 1. The number of methoxy groups -OCH3 is 1. The van der Waals surface area contributed by atoms with Gasteiger partial charge < -0.3 is 29.6 Å². The zero-order valence-electron chi connectivity index (χ0n) is 21.0. The number of halogens is 4. The van der Waals surface area contributed by atoms with Crippen LogP contribution in [0.5, 0.6) is 17.2 Å². The first-order valence-electron chi connectivity index (χ1n) is 11.9. The fraction of sp³-hybridized carbons (Fsp3) is 0.400. The van der Waals surface area contributed by atoms with Crippen LogP contribution in [0.25, 0.3) is 11.0 Å². The largest absolute Gasteiger partial charge is 0.497 e. The Bertz CT molecular complexity index is 1370. The average molecular weight is 571 g/mol. The molecule has 0 aliphatic carbocycles. The molecule has 5 rings (SSSR count). The predicted molar refractivity (Wildman–Crippen MR) is 135 cm³/mol. The summed E-state index contributed by atoms with van der Waals surface area (Å²) < 4.78 is 48.2. The number of fused-ring (bicyclic) bond motifs is 2. The first kappa shape index (κ1) is 28.3. The maximum Gasteiger partial charge on any atom is 0.490 e. The lowest BCUT2D eigenvalue weighted by Gasteiger charge is -2.36. The van der Waals surface area contributed by atoms with Gasteiger partial charge in [0.05, 0.1) is 34.8 Å². The highest BCUT2D eigenvalue weighted by Crippen LogP contribution is 2.39. The number of hydrogen-bond acceptors (Lipinski definition) is 7. The number of carbonyl (C=O) groups is 2. The SMILES string of the molecule is COc1ccc2nc([C@H]3C[C@H](NC(=O)c4ccc5c(c4Cl)OCCO5)CCN3C)[nH]c2c1.O=C(O)C(F)(F)F. The molecule has 3 aromatic rings. The van der Waals surface area contributed by atoms with Gasteiger partial charge in [0.25, 0.3) is 5.91 Å². The van der Waals surface area contributed by atoms with Gasteiger partial charge in [-0.05, 0) is 44.2 Å². The van der Waals surface area contributed by atoms with Gasteiger partial charge in [-0.1, -0.05) is 11.6 Å². The molecule has 0 bridgehead atoms. The fourth-order valence-corrected chi connectivity index (χ4v) is 4.64. The van der Waals surface area contributed by atoms with Gasteiger partial charge in [0.1, 0.15) is 24.8 Å². The van der Waals surface area contributed by atoms with Crippen LogP contribution in [0, 0.1) is 0 Å². The van der Waals surface area contributed by atoms with E-state index in [0.717, 1.165) is 42.0 Å². The van der Waals surface area contributed by atoms with Gasteiger partial charge in [0.2, 0.25) is 0 Å². The van der Waals surface area contributed by atoms with Gasteiger partial charge >= 0.3 is 12.1 Å². The summed E-state index contributed by atoms with van der Waals surface area (Å²) in [7, 11) is 3.72. The summed E-state index contributed by atoms with van der Waals surface area (Å²) in [6.07, 6.45) is -3.50. The van der Waals surface area contributed by atoms with Crippen molar-refractivity contribution in [3.63, 3.8) is 0 Å². The number of nitrogens with zero attached hydrogens (tertiary/aromatic N) is 2. The molecule has 2 atom stereocenters. The maximum absolute atomic E-state index is 13.0. The Morgan fingerprint density at radius 3 is 2.64 bits per heavy atom. The summed E-state index contributed by atoms with van der Waals surface area (Å²) in [4.78, 5) is 32.4. The number of aliphatic carboxylic acids is 1. The maximum atomic E-state index is 13.0. The molecule has 0 unspecified atom stereocenters. The first-order valence-corrected chi connectivity index (χ1v) is 12.3. The number of hydrogen-bond donors (Lipinski definition) is 3.